The van der Waals surface area contributed by atoms with Crippen molar-refractivity contribution >= 4 is 57.4 Å². The summed E-state index contributed by atoms with van der Waals surface area (Å²) in [6.45, 7) is 0. The Morgan fingerprint density at radius 2 is 0.830 bits per heavy atom. The molecule has 0 heterocycles. The zero-order chi connectivity index (χ0) is 36.7. The van der Waals surface area contributed by atoms with Crippen molar-refractivity contribution in [1.82, 2.24) is 0 Å². The number of halogens is 6. The van der Waals surface area contributed by atoms with Crippen LogP contribution in [0.15, 0.2) is 174 Å². The van der Waals surface area contributed by atoms with Crippen LogP contribution < -0.4 is 15.9 Å². The molecule has 8 rings (SSSR count). The van der Waals surface area contributed by atoms with Crippen molar-refractivity contribution in [1.29, 1.82) is 0 Å². The summed E-state index contributed by atoms with van der Waals surface area (Å²) in [5, 5.41) is 5.35. The van der Waals surface area contributed by atoms with E-state index in [0.717, 1.165) is 21.9 Å². The highest BCUT2D eigenvalue weighted by atomic mass is 31.1. The van der Waals surface area contributed by atoms with Gasteiger partial charge in [-0.05, 0) is 70.7 Å². The van der Waals surface area contributed by atoms with Gasteiger partial charge in [-0.2, -0.15) is 26.3 Å². The van der Waals surface area contributed by atoms with Crippen molar-refractivity contribution in [2.75, 3.05) is 0 Å². The van der Waals surface area contributed by atoms with E-state index in [4.69, 9.17) is 4.99 Å². The Bertz CT molecular complexity index is 2430. The molecule has 0 radical (unpaired) electrons. The molecule has 0 saturated carbocycles. The lowest BCUT2D eigenvalue weighted by Crippen LogP contribution is -2.20. The first-order valence-corrected chi connectivity index (χ1v) is 18.0. The summed E-state index contributed by atoms with van der Waals surface area (Å²) in [6.07, 6.45) is -10.00. The van der Waals surface area contributed by atoms with Gasteiger partial charge in [0, 0.05) is 16.5 Å². The van der Waals surface area contributed by atoms with Crippen LogP contribution in [0.2, 0.25) is 0 Å². The first-order valence-electron chi connectivity index (χ1n) is 16.6. The minimum absolute atomic E-state index is 0.101. The molecular formula is C44H27F6N2P. The van der Waals surface area contributed by atoms with Crippen molar-refractivity contribution in [3.8, 4) is 11.1 Å². The Hall–Kier alpha value is -5.85. The van der Waals surface area contributed by atoms with E-state index in [2.05, 4.69) is 77.8 Å². The lowest BCUT2D eigenvalue weighted by atomic mass is 10.0. The normalized spacial score (nSPS) is 14.5. The minimum Gasteiger partial charge on any atom is -0.246 e. The highest BCUT2D eigenvalue weighted by Gasteiger charge is 2.37. The summed E-state index contributed by atoms with van der Waals surface area (Å²) in [5.41, 5.74) is 0.994. The maximum Gasteiger partial charge on any atom is 0.416 e. The predicted molar refractivity (Wildman–Crippen MR) is 203 cm³/mol. The minimum atomic E-state index is -5.00. The van der Waals surface area contributed by atoms with Gasteiger partial charge in [-0.15, -0.1) is 0 Å². The third-order valence-corrected chi connectivity index (χ3v) is 11.5. The van der Waals surface area contributed by atoms with Crippen LogP contribution in [0.4, 0.5) is 37.7 Å². The molecule has 0 N–H and O–H groups in total. The fraction of sp³-hybridized carbons (Fsp3) is 0.0455. The van der Waals surface area contributed by atoms with Crippen LogP contribution in [-0.4, -0.2) is 11.4 Å². The number of alkyl halides is 6. The Labute approximate surface area is 302 Å². The molecule has 7 aromatic carbocycles. The smallest absolute Gasteiger partial charge is 0.246 e. The molecule has 0 atom stereocenters. The maximum atomic E-state index is 13.7. The van der Waals surface area contributed by atoms with Gasteiger partial charge in [-0.3, -0.25) is 0 Å². The molecule has 0 spiro atoms. The second kappa shape index (κ2) is 13.6. The quantitative estimate of drug-likeness (QED) is 0.120. The lowest BCUT2D eigenvalue weighted by Gasteiger charge is -2.19. The standard InChI is InChI=1S/C44H27F6N2P/c45-43(46,47)31-25-32(44(48,49)50)27-34(26-31)52-42-39-16-8-10-30-9-7-15-38(40(30)39)41(42)51-33-21-17-28(18-22-33)29-19-23-37(24-20-29)53(35-11-3-1-4-12-35)36-13-5-2-6-14-36/h1-27H. The lowest BCUT2D eigenvalue weighted by molar-refractivity contribution is -0.143. The molecule has 0 bridgehead atoms. The summed E-state index contributed by atoms with van der Waals surface area (Å²) in [6, 6.07) is 49.3. The van der Waals surface area contributed by atoms with Gasteiger partial charge in [-0.25, -0.2) is 9.98 Å². The van der Waals surface area contributed by atoms with Crippen LogP contribution >= 0.6 is 7.92 Å². The Kier molecular flexibility index (Phi) is 8.79. The molecule has 9 heteroatoms. The number of rotatable bonds is 6. The summed E-state index contributed by atoms with van der Waals surface area (Å²) in [7, 11) is -0.753. The molecule has 0 fully saturated rings. The van der Waals surface area contributed by atoms with Crippen LogP contribution in [0.25, 0.3) is 21.9 Å². The summed E-state index contributed by atoms with van der Waals surface area (Å²) in [4.78, 5) is 9.34. The van der Waals surface area contributed by atoms with Crippen LogP contribution in [0.5, 0.6) is 0 Å². The molecular weight excluding hydrogens is 701 g/mol. The highest BCUT2D eigenvalue weighted by Crippen LogP contribution is 2.40. The zero-order valence-corrected chi connectivity index (χ0v) is 28.6. The highest BCUT2D eigenvalue weighted by molar-refractivity contribution is 7.79. The second-order valence-corrected chi connectivity index (χ2v) is 14.7. The average molecular weight is 729 g/mol. The van der Waals surface area contributed by atoms with Crippen molar-refractivity contribution in [2.24, 2.45) is 9.98 Å². The fourth-order valence-corrected chi connectivity index (χ4v) is 8.89. The van der Waals surface area contributed by atoms with Gasteiger partial charge in [0.1, 0.15) is 0 Å². The fourth-order valence-electron chi connectivity index (χ4n) is 6.61. The molecule has 1 aliphatic rings. The van der Waals surface area contributed by atoms with Crippen LogP contribution in [-0.2, 0) is 12.4 Å². The van der Waals surface area contributed by atoms with Gasteiger partial charge in [0.05, 0.1) is 33.9 Å². The van der Waals surface area contributed by atoms with E-state index < -0.39 is 37.1 Å². The van der Waals surface area contributed by atoms with E-state index in [1.165, 1.54) is 15.9 Å². The number of benzene rings is 7. The Morgan fingerprint density at radius 1 is 0.396 bits per heavy atom. The molecule has 53 heavy (non-hydrogen) atoms. The molecule has 0 aliphatic heterocycles. The van der Waals surface area contributed by atoms with Crippen LogP contribution in [0.1, 0.15) is 22.3 Å². The summed E-state index contributed by atoms with van der Waals surface area (Å²) in [5.74, 6) is 0. The molecule has 0 unspecified atom stereocenters. The van der Waals surface area contributed by atoms with Gasteiger partial charge in [0.15, 0.2) is 0 Å². The molecule has 2 nitrogen and oxygen atoms in total. The van der Waals surface area contributed by atoms with E-state index >= 15 is 0 Å². The van der Waals surface area contributed by atoms with Crippen LogP contribution in [0, 0.1) is 0 Å². The van der Waals surface area contributed by atoms with Gasteiger partial charge in [-0.1, -0.05) is 133 Å². The monoisotopic (exact) mass is 728 g/mol. The summed E-state index contributed by atoms with van der Waals surface area (Å²) >= 11 is 0. The van der Waals surface area contributed by atoms with Gasteiger partial charge < -0.3 is 0 Å². The molecule has 0 aromatic heterocycles. The predicted octanol–water partition coefficient (Wildman–Crippen LogP) is 11.6. The average Bonchev–Trinajstić information content (AvgIpc) is 3.45. The Balaban J connectivity index is 1.16. The molecule has 1 aliphatic carbocycles. The number of hydrogen-bond acceptors (Lipinski definition) is 2. The van der Waals surface area contributed by atoms with Crippen molar-refractivity contribution in [3.63, 3.8) is 0 Å². The zero-order valence-electron chi connectivity index (χ0n) is 27.7. The maximum absolute atomic E-state index is 13.7. The van der Waals surface area contributed by atoms with Crippen LogP contribution in [0.3, 0.4) is 0 Å². The van der Waals surface area contributed by atoms with E-state index in [1.807, 2.05) is 60.7 Å². The van der Waals surface area contributed by atoms with E-state index in [-0.39, 0.29) is 11.8 Å². The van der Waals surface area contributed by atoms with Crippen molar-refractivity contribution < 1.29 is 26.3 Å². The second-order valence-electron chi connectivity index (χ2n) is 12.5. The van der Waals surface area contributed by atoms with Gasteiger partial charge in [0.25, 0.3) is 0 Å². The SMILES string of the molecule is FC(F)(F)c1cc(N=C2C(=Nc3ccc(-c4ccc(P(c5ccccc5)c5ccccc5)cc4)cc3)c3cccc4cccc2c34)cc(C(F)(F)F)c1. The van der Waals surface area contributed by atoms with Crippen molar-refractivity contribution in [3.05, 3.63) is 186 Å². The number of hydrogen-bond donors (Lipinski definition) is 0. The number of aliphatic imine (C=N–C) groups is 2. The first-order chi connectivity index (χ1) is 25.5. The van der Waals surface area contributed by atoms with E-state index in [1.54, 1.807) is 12.1 Å². The van der Waals surface area contributed by atoms with Gasteiger partial charge in [0.2, 0.25) is 0 Å². The molecule has 260 valence electrons. The number of nitrogens with zero attached hydrogens (tertiary/aromatic N) is 2. The van der Waals surface area contributed by atoms with E-state index in [9.17, 15) is 26.3 Å². The summed E-state index contributed by atoms with van der Waals surface area (Å²) < 4.78 is 82.4. The van der Waals surface area contributed by atoms with E-state index in [0.29, 0.717) is 34.7 Å². The topological polar surface area (TPSA) is 24.7 Å². The largest absolute Gasteiger partial charge is 0.416 e. The van der Waals surface area contributed by atoms with Crippen molar-refractivity contribution in [2.45, 2.75) is 12.4 Å². The third kappa shape index (κ3) is 6.90. The van der Waals surface area contributed by atoms with Gasteiger partial charge >= 0.3 is 12.4 Å². The first kappa shape index (κ1) is 34.2. The Morgan fingerprint density at radius 3 is 1.30 bits per heavy atom. The third-order valence-electron chi connectivity index (χ3n) is 9.05. The molecule has 7 aromatic rings. The molecule has 0 amide bonds. The molecule has 0 saturated heterocycles.